The number of rotatable bonds is 4. The lowest BCUT2D eigenvalue weighted by molar-refractivity contribution is 0.117. The number of aromatic nitrogens is 1. The van der Waals surface area contributed by atoms with Crippen molar-refractivity contribution < 1.29 is 17.9 Å². The molecule has 19 heavy (non-hydrogen) atoms. The Kier molecular flexibility index (Phi) is 3.44. The van der Waals surface area contributed by atoms with Gasteiger partial charge in [0.1, 0.15) is 5.60 Å². The van der Waals surface area contributed by atoms with E-state index in [4.69, 9.17) is 14.6 Å². The molecular formula is C12H18N2O4S. The molecule has 1 saturated carbocycles. The molecule has 1 fully saturated rings. The first kappa shape index (κ1) is 14.1. The molecular weight excluding hydrogens is 268 g/mol. The lowest BCUT2D eigenvalue weighted by atomic mass is 10.2. The van der Waals surface area contributed by atoms with Gasteiger partial charge in [-0.1, -0.05) is 0 Å². The molecule has 1 heterocycles. The first-order valence-corrected chi connectivity index (χ1v) is 7.59. The average molecular weight is 286 g/mol. The Labute approximate surface area is 113 Å². The van der Waals surface area contributed by atoms with Crippen LogP contribution in [0.3, 0.4) is 0 Å². The molecule has 1 aromatic rings. The van der Waals surface area contributed by atoms with Gasteiger partial charge in [-0.15, -0.1) is 0 Å². The van der Waals surface area contributed by atoms with Crippen molar-refractivity contribution in [3.63, 3.8) is 0 Å². The molecule has 0 aromatic carbocycles. The second kappa shape index (κ2) is 4.64. The topological polar surface area (TPSA) is 91.5 Å². The first-order valence-electron chi connectivity index (χ1n) is 6.04. The highest BCUT2D eigenvalue weighted by Crippen LogP contribution is 2.38. The van der Waals surface area contributed by atoms with E-state index in [-0.39, 0.29) is 16.9 Å². The van der Waals surface area contributed by atoms with Crippen molar-refractivity contribution >= 4 is 10.0 Å². The summed E-state index contributed by atoms with van der Waals surface area (Å²) in [7, 11) is -3.96. The van der Waals surface area contributed by atoms with Gasteiger partial charge in [0.2, 0.25) is 10.8 Å². The Hall–Kier alpha value is -1.34. The van der Waals surface area contributed by atoms with Crippen LogP contribution >= 0.6 is 0 Å². The number of sulfonamides is 1. The molecule has 106 valence electrons. The highest BCUT2D eigenvalue weighted by molar-refractivity contribution is 7.89. The van der Waals surface area contributed by atoms with Crippen LogP contribution in [0, 0.1) is 0 Å². The third-order valence-corrected chi connectivity index (χ3v) is 3.16. The zero-order chi connectivity index (χ0) is 14.3. The second-order valence-electron chi connectivity index (χ2n) is 5.52. The van der Waals surface area contributed by atoms with E-state index in [1.165, 1.54) is 6.20 Å². The minimum Gasteiger partial charge on any atom is -0.486 e. The standard InChI is InChI=1S/C12H18N2O4S/c1-12(2,3)18-10-9(17-8-4-5-8)6-7-14-11(10)19(13,15)16/h6-8H,4-5H2,1-3H3,(H2,13,15,16). The molecule has 0 spiro atoms. The van der Waals surface area contributed by atoms with Gasteiger partial charge in [-0.25, -0.2) is 18.5 Å². The highest BCUT2D eigenvalue weighted by atomic mass is 32.2. The Balaban J connectivity index is 2.47. The maximum atomic E-state index is 11.6. The van der Waals surface area contributed by atoms with Crippen molar-refractivity contribution in [2.75, 3.05) is 0 Å². The lowest BCUT2D eigenvalue weighted by Crippen LogP contribution is -2.26. The predicted octanol–water partition coefficient (Wildman–Crippen LogP) is 1.45. The minimum atomic E-state index is -3.96. The van der Waals surface area contributed by atoms with Crippen molar-refractivity contribution in [3.05, 3.63) is 12.3 Å². The zero-order valence-electron chi connectivity index (χ0n) is 11.2. The molecule has 2 N–H and O–H groups in total. The monoisotopic (exact) mass is 286 g/mol. The fourth-order valence-electron chi connectivity index (χ4n) is 1.47. The van der Waals surface area contributed by atoms with Crippen LogP contribution in [-0.4, -0.2) is 25.1 Å². The SMILES string of the molecule is CC(C)(C)Oc1c(OC2CC2)ccnc1S(N)(=O)=O. The van der Waals surface area contributed by atoms with E-state index in [0.717, 1.165) is 12.8 Å². The van der Waals surface area contributed by atoms with E-state index in [1.807, 2.05) is 20.8 Å². The summed E-state index contributed by atoms with van der Waals surface area (Å²) in [6.07, 6.45) is 3.40. The van der Waals surface area contributed by atoms with Gasteiger partial charge in [0, 0.05) is 12.3 Å². The van der Waals surface area contributed by atoms with Crippen molar-refractivity contribution in [1.29, 1.82) is 0 Å². The average Bonchev–Trinajstić information content (AvgIpc) is 3.00. The lowest BCUT2D eigenvalue weighted by Gasteiger charge is -2.24. The molecule has 1 aromatic heterocycles. The third kappa shape index (κ3) is 3.81. The summed E-state index contributed by atoms with van der Waals surface area (Å²) >= 11 is 0. The molecule has 0 radical (unpaired) electrons. The van der Waals surface area contributed by atoms with Crippen LogP contribution < -0.4 is 14.6 Å². The second-order valence-corrected chi connectivity index (χ2v) is 7.00. The van der Waals surface area contributed by atoms with Crippen molar-refractivity contribution in [2.45, 2.75) is 50.3 Å². The zero-order valence-corrected chi connectivity index (χ0v) is 12.0. The number of primary sulfonamides is 1. The van der Waals surface area contributed by atoms with Crippen molar-refractivity contribution in [1.82, 2.24) is 4.98 Å². The van der Waals surface area contributed by atoms with Crippen LogP contribution in [-0.2, 0) is 10.0 Å². The summed E-state index contributed by atoms with van der Waals surface area (Å²) in [5, 5.41) is 4.87. The molecule has 0 saturated heterocycles. The third-order valence-electron chi connectivity index (χ3n) is 2.33. The normalized spacial score (nSPS) is 16.2. The summed E-state index contributed by atoms with van der Waals surface area (Å²) < 4.78 is 34.5. The maximum Gasteiger partial charge on any atom is 0.259 e. The van der Waals surface area contributed by atoms with E-state index in [9.17, 15) is 8.42 Å². The molecule has 0 bridgehead atoms. The molecule has 7 heteroatoms. The summed E-state index contributed by atoms with van der Waals surface area (Å²) in [6, 6.07) is 1.59. The largest absolute Gasteiger partial charge is 0.486 e. The van der Waals surface area contributed by atoms with E-state index in [0.29, 0.717) is 5.75 Å². The highest BCUT2D eigenvalue weighted by Gasteiger charge is 2.30. The molecule has 0 aliphatic heterocycles. The maximum absolute atomic E-state index is 11.6. The fraction of sp³-hybridized carbons (Fsp3) is 0.583. The molecule has 0 unspecified atom stereocenters. The Bertz CT molecular complexity index is 574. The van der Waals surface area contributed by atoms with Gasteiger partial charge in [-0.2, -0.15) is 0 Å². The number of nitrogens with two attached hydrogens (primary N) is 1. The number of pyridine rings is 1. The summed E-state index contributed by atoms with van der Waals surface area (Å²) in [5.41, 5.74) is -0.579. The molecule has 0 atom stereocenters. The van der Waals surface area contributed by atoms with Crippen molar-refractivity contribution in [2.24, 2.45) is 5.14 Å². The molecule has 6 nitrogen and oxygen atoms in total. The van der Waals surface area contributed by atoms with Crippen LogP contribution in [0.25, 0.3) is 0 Å². The van der Waals surface area contributed by atoms with Crippen LogP contribution in [0.2, 0.25) is 0 Å². The van der Waals surface area contributed by atoms with Gasteiger partial charge < -0.3 is 9.47 Å². The molecule has 0 amide bonds. The Morgan fingerprint density at radius 2 is 2.00 bits per heavy atom. The van der Waals surface area contributed by atoms with E-state index >= 15 is 0 Å². The molecule has 1 aliphatic carbocycles. The van der Waals surface area contributed by atoms with Crippen LogP contribution in [0.4, 0.5) is 0 Å². The molecule has 1 aliphatic rings. The van der Waals surface area contributed by atoms with Crippen LogP contribution in [0.1, 0.15) is 33.6 Å². The van der Waals surface area contributed by atoms with Crippen molar-refractivity contribution in [3.8, 4) is 11.5 Å². The van der Waals surface area contributed by atoms with Gasteiger partial charge in [0.05, 0.1) is 6.10 Å². The summed E-state index contributed by atoms with van der Waals surface area (Å²) in [6.45, 7) is 5.44. The van der Waals surface area contributed by atoms with Gasteiger partial charge in [0.15, 0.2) is 5.75 Å². The van der Waals surface area contributed by atoms with Gasteiger partial charge in [0.25, 0.3) is 10.0 Å². The number of ether oxygens (including phenoxy) is 2. The van der Waals surface area contributed by atoms with Gasteiger partial charge in [-0.05, 0) is 33.6 Å². The van der Waals surface area contributed by atoms with Crippen LogP contribution in [0.15, 0.2) is 17.3 Å². The fourth-order valence-corrected chi connectivity index (χ4v) is 2.08. The molecule has 2 rings (SSSR count). The number of nitrogens with zero attached hydrogens (tertiary/aromatic N) is 1. The van der Waals surface area contributed by atoms with E-state index < -0.39 is 15.6 Å². The van der Waals surface area contributed by atoms with Gasteiger partial charge in [-0.3, -0.25) is 0 Å². The number of hydrogen-bond acceptors (Lipinski definition) is 5. The predicted molar refractivity (Wildman–Crippen MR) is 69.6 cm³/mol. The van der Waals surface area contributed by atoms with E-state index in [1.54, 1.807) is 6.07 Å². The van der Waals surface area contributed by atoms with E-state index in [2.05, 4.69) is 4.98 Å². The minimum absolute atomic E-state index is 0.0874. The Morgan fingerprint density at radius 3 is 2.47 bits per heavy atom. The van der Waals surface area contributed by atoms with Gasteiger partial charge >= 0.3 is 0 Å². The summed E-state index contributed by atoms with van der Waals surface area (Å²) in [4.78, 5) is 3.80. The smallest absolute Gasteiger partial charge is 0.259 e. The Morgan fingerprint density at radius 1 is 1.37 bits per heavy atom. The summed E-state index contributed by atoms with van der Waals surface area (Å²) in [5.74, 6) is 0.459. The number of hydrogen-bond donors (Lipinski definition) is 1. The van der Waals surface area contributed by atoms with Crippen LogP contribution in [0.5, 0.6) is 11.5 Å². The first-order chi connectivity index (χ1) is 8.67. The quantitative estimate of drug-likeness (QED) is 0.904.